The van der Waals surface area contributed by atoms with Crippen LogP contribution in [0.4, 0.5) is 0 Å². The molecule has 2 rings (SSSR count). The van der Waals surface area contributed by atoms with Gasteiger partial charge in [-0.1, -0.05) is 26.0 Å². The molecule has 0 aliphatic carbocycles. The van der Waals surface area contributed by atoms with Crippen molar-refractivity contribution in [2.45, 2.75) is 38.3 Å². The fourth-order valence-corrected chi connectivity index (χ4v) is 2.84. The summed E-state index contributed by atoms with van der Waals surface area (Å²) in [5.74, 6) is 1.38. The van der Waals surface area contributed by atoms with Gasteiger partial charge < -0.3 is 9.67 Å². The lowest BCUT2D eigenvalue weighted by atomic mass is 10.2. The Kier molecular flexibility index (Phi) is 3.67. The Hall–Kier alpha value is -1.09. The molecular formula is C14H19NOS. The molecule has 0 atom stereocenters. The summed E-state index contributed by atoms with van der Waals surface area (Å²) in [6.07, 6.45) is 0. The molecule has 0 fully saturated rings. The number of para-hydroxylation sites is 1. The summed E-state index contributed by atoms with van der Waals surface area (Å²) in [6.45, 7) is 7.44. The first-order valence-electron chi connectivity index (χ1n) is 6.05. The van der Waals surface area contributed by atoms with E-state index < -0.39 is 0 Å². The van der Waals surface area contributed by atoms with Crippen molar-refractivity contribution in [1.29, 1.82) is 0 Å². The molecule has 17 heavy (non-hydrogen) atoms. The Bertz CT molecular complexity index is 516. The Morgan fingerprint density at radius 3 is 2.76 bits per heavy atom. The number of aromatic hydroxyl groups is 1. The smallest absolute Gasteiger partial charge is 0.139 e. The van der Waals surface area contributed by atoms with Crippen molar-refractivity contribution >= 4 is 22.7 Å². The average molecular weight is 249 g/mol. The van der Waals surface area contributed by atoms with Gasteiger partial charge in [-0.05, 0) is 24.3 Å². The number of aryl methyl sites for hydroxylation is 1. The molecule has 1 aromatic carbocycles. The van der Waals surface area contributed by atoms with Crippen molar-refractivity contribution in [3.63, 3.8) is 0 Å². The van der Waals surface area contributed by atoms with Crippen LogP contribution in [-0.2, 0) is 12.3 Å². The summed E-state index contributed by atoms with van der Waals surface area (Å²) in [7, 11) is 0. The molecule has 0 amide bonds. The number of aromatic nitrogens is 1. The molecule has 0 aliphatic heterocycles. The van der Waals surface area contributed by atoms with Gasteiger partial charge in [0.1, 0.15) is 5.75 Å². The molecule has 2 aromatic rings. The summed E-state index contributed by atoms with van der Waals surface area (Å²) in [6, 6.07) is 7.91. The predicted molar refractivity (Wildman–Crippen MR) is 75.7 cm³/mol. The van der Waals surface area contributed by atoms with Crippen LogP contribution in [0.25, 0.3) is 10.9 Å². The van der Waals surface area contributed by atoms with E-state index in [2.05, 4.69) is 37.5 Å². The second kappa shape index (κ2) is 5.05. The van der Waals surface area contributed by atoms with Crippen LogP contribution in [0.5, 0.6) is 5.75 Å². The lowest BCUT2D eigenvalue weighted by molar-refractivity contribution is 0.477. The van der Waals surface area contributed by atoms with E-state index >= 15 is 0 Å². The molecule has 0 spiro atoms. The van der Waals surface area contributed by atoms with E-state index in [9.17, 15) is 5.11 Å². The minimum Gasteiger partial charge on any atom is -0.506 e. The maximum absolute atomic E-state index is 9.95. The van der Waals surface area contributed by atoms with E-state index in [1.54, 1.807) is 6.07 Å². The zero-order valence-corrected chi connectivity index (χ0v) is 11.4. The first kappa shape index (κ1) is 12.4. The largest absolute Gasteiger partial charge is 0.506 e. The maximum Gasteiger partial charge on any atom is 0.139 e. The minimum atomic E-state index is 0.380. The molecule has 0 saturated heterocycles. The number of rotatable bonds is 4. The molecule has 92 valence electrons. The normalized spacial score (nSPS) is 11.5. The van der Waals surface area contributed by atoms with E-state index in [0.29, 0.717) is 11.0 Å². The highest BCUT2D eigenvalue weighted by Crippen LogP contribution is 2.30. The van der Waals surface area contributed by atoms with Gasteiger partial charge >= 0.3 is 0 Å². The zero-order chi connectivity index (χ0) is 12.4. The minimum absolute atomic E-state index is 0.380. The van der Waals surface area contributed by atoms with Crippen molar-refractivity contribution < 1.29 is 5.11 Å². The first-order valence-corrected chi connectivity index (χ1v) is 7.10. The molecule has 0 bridgehead atoms. The van der Waals surface area contributed by atoms with Gasteiger partial charge in [0.2, 0.25) is 0 Å². The van der Waals surface area contributed by atoms with E-state index in [1.807, 2.05) is 17.8 Å². The standard InChI is InChI=1S/C14H19NOS/c1-4-15-12(9-17-10(2)3)8-11-6-5-7-13(16)14(11)15/h5-8,10,16H,4,9H2,1-3H3. The van der Waals surface area contributed by atoms with Crippen LogP contribution in [0, 0.1) is 0 Å². The second-order valence-corrected chi connectivity index (χ2v) is 6.02. The van der Waals surface area contributed by atoms with Crippen molar-refractivity contribution in [1.82, 2.24) is 4.57 Å². The monoisotopic (exact) mass is 249 g/mol. The van der Waals surface area contributed by atoms with Gasteiger partial charge in [0.15, 0.2) is 0 Å². The number of benzene rings is 1. The topological polar surface area (TPSA) is 25.2 Å². The van der Waals surface area contributed by atoms with Crippen LogP contribution in [0.1, 0.15) is 26.5 Å². The molecule has 0 radical (unpaired) electrons. The van der Waals surface area contributed by atoms with E-state index in [1.165, 1.54) is 5.69 Å². The predicted octanol–water partition coefficient (Wildman–Crippen LogP) is 4.01. The molecule has 0 saturated carbocycles. The number of nitrogens with zero attached hydrogens (tertiary/aromatic N) is 1. The third kappa shape index (κ3) is 2.44. The first-order chi connectivity index (χ1) is 8.13. The summed E-state index contributed by atoms with van der Waals surface area (Å²) in [5, 5.41) is 11.7. The fraction of sp³-hybridized carbons (Fsp3) is 0.429. The number of hydrogen-bond acceptors (Lipinski definition) is 2. The SMILES string of the molecule is CCn1c(CSC(C)C)cc2cccc(O)c21. The van der Waals surface area contributed by atoms with Crippen LogP contribution in [-0.4, -0.2) is 14.9 Å². The third-order valence-corrected chi connectivity index (χ3v) is 3.99. The molecule has 1 N–H and O–H groups in total. The van der Waals surface area contributed by atoms with Gasteiger partial charge in [-0.2, -0.15) is 11.8 Å². The van der Waals surface area contributed by atoms with Crippen LogP contribution >= 0.6 is 11.8 Å². The van der Waals surface area contributed by atoms with Crippen LogP contribution in [0.3, 0.4) is 0 Å². The summed E-state index contributed by atoms with van der Waals surface area (Å²) < 4.78 is 2.21. The van der Waals surface area contributed by atoms with Gasteiger partial charge in [-0.15, -0.1) is 0 Å². The Morgan fingerprint density at radius 2 is 2.12 bits per heavy atom. The lowest BCUT2D eigenvalue weighted by Gasteiger charge is -2.09. The fourth-order valence-electron chi connectivity index (χ4n) is 2.09. The maximum atomic E-state index is 9.95. The van der Waals surface area contributed by atoms with Gasteiger partial charge in [-0.3, -0.25) is 0 Å². The lowest BCUT2D eigenvalue weighted by Crippen LogP contribution is -2.00. The van der Waals surface area contributed by atoms with Gasteiger partial charge in [0.05, 0.1) is 5.52 Å². The number of thioether (sulfide) groups is 1. The highest BCUT2D eigenvalue weighted by atomic mass is 32.2. The molecule has 2 nitrogen and oxygen atoms in total. The Balaban J connectivity index is 2.45. The van der Waals surface area contributed by atoms with E-state index in [0.717, 1.165) is 23.2 Å². The highest BCUT2D eigenvalue weighted by molar-refractivity contribution is 7.99. The third-order valence-electron chi connectivity index (χ3n) is 2.87. The average Bonchev–Trinajstić information content (AvgIpc) is 2.65. The molecule has 3 heteroatoms. The van der Waals surface area contributed by atoms with Crippen molar-refractivity contribution in [3.05, 3.63) is 30.0 Å². The van der Waals surface area contributed by atoms with Gasteiger partial charge in [0, 0.05) is 23.4 Å². The van der Waals surface area contributed by atoms with Crippen molar-refractivity contribution in [2.75, 3.05) is 0 Å². The summed E-state index contributed by atoms with van der Waals surface area (Å²) in [4.78, 5) is 0. The Morgan fingerprint density at radius 1 is 1.35 bits per heavy atom. The second-order valence-electron chi connectivity index (χ2n) is 4.45. The number of fused-ring (bicyclic) bond motifs is 1. The number of phenols is 1. The van der Waals surface area contributed by atoms with Crippen LogP contribution < -0.4 is 0 Å². The van der Waals surface area contributed by atoms with Crippen LogP contribution in [0.15, 0.2) is 24.3 Å². The molecule has 1 heterocycles. The van der Waals surface area contributed by atoms with Crippen LogP contribution in [0.2, 0.25) is 0 Å². The van der Waals surface area contributed by atoms with Gasteiger partial charge in [-0.25, -0.2) is 0 Å². The van der Waals surface area contributed by atoms with E-state index in [-0.39, 0.29) is 0 Å². The summed E-state index contributed by atoms with van der Waals surface area (Å²) in [5.41, 5.74) is 2.26. The summed E-state index contributed by atoms with van der Waals surface area (Å²) >= 11 is 1.93. The molecular weight excluding hydrogens is 230 g/mol. The zero-order valence-electron chi connectivity index (χ0n) is 10.6. The molecule has 0 unspecified atom stereocenters. The van der Waals surface area contributed by atoms with Crippen molar-refractivity contribution in [3.8, 4) is 5.75 Å². The van der Waals surface area contributed by atoms with Crippen molar-refractivity contribution in [2.24, 2.45) is 0 Å². The number of phenolic OH excluding ortho intramolecular Hbond substituents is 1. The molecule has 0 aliphatic rings. The Labute approximate surface area is 107 Å². The quantitative estimate of drug-likeness (QED) is 0.885. The van der Waals surface area contributed by atoms with Gasteiger partial charge in [0.25, 0.3) is 0 Å². The molecule has 1 aromatic heterocycles. The van der Waals surface area contributed by atoms with E-state index in [4.69, 9.17) is 0 Å². The number of hydrogen-bond donors (Lipinski definition) is 1. The highest BCUT2D eigenvalue weighted by Gasteiger charge is 2.11.